The molecule has 3 N–H and O–H groups in total. The zero-order chi connectivity index (χ0) is 19.7. The van der Waals surface area contributed by atoms with Gasteiger partial charge in [0.05, 0.1) is 12.1 Å². The molecule has 28 heavy (non-hydrogen) atoms. The highest BCUT2D eigenvalue weighted by Crippen LogP contribution is 2.30. The Morgan fingerprint density at radius 3 is 2.61 bits per heavy atom. The summed E-state index contributed by atoms with van der Waals surface area (Å²) in [5.41, 5.74) is 8.12. The van der Waals surface area contributed by atoms with Gasteiger partial charge in [-0.15, -0.1) is 0 Å². The van der Waals surface area contributed by atoms with Gasteiger partial charge in [0.1, 0.15) is 0 Å². The minimum atomic E-state index is -0.383. The Kier molecular flexibility index (Phi) is 4.69. The molecule has 0 spiro atoms. The highest BCUT2D eigenvalue weighted by atomic mass is 16.2. The molecule has 4 rings (SSSR count). The molecule has 0 radical (unpaired) electrons. The molecule has 2 aromatic carbocycles. The largest absolute Gasteiger partial charge is 0.369 e. The smallest absolute Gasteiger partial charge is 0.252 e. The molecular weight excluding hydrogens is 352 g/mol. The summed E-state index contributed by atoms with van der Waals surface area (Å²) in [6.07, 6.45) is 8.84. The molecule has 0 saturated heterocycles. The Bertz CT molecular complexity index is 1080. The van der Waals surface area contributed by atoms with Gasteiger partial charge >= 0.3 is 0 Å². The Balaban J connectivity index is 1.70. The lowest BCUT2D eigenvalue weighted by Crippen LogP contribution is -2.46. The van der Waals surface area contributed by atoms with Gasteiger partial charge < -0.3 is 11.1 Å². The third kappa shape index (κ3) is 3.29. The number of amides is 2. The lowest BCUT2D eigenvalue weighted by atomic mass is 9.88. The van der Waals surface area contributed by atoms with E-state index < -0.39 is 0 Å². The number of aryl methyl sites for hydroxylation is 1. The first-order chi connectivity index (χ1) is 13.5. The van der Waals surface area contributed by atoms with Gasteiger partial charge in [-0.3, -0.25) is 14.3 Å². The van der Waals surface area contributed by atoms with Gasteiger partial charge in [-0.05, 0) is 35.2 Å². The van der Waals surface area contributed by atoms with E-state index >= 15 is 0 Å². The maximum Gasteiger partial charge on any atom is 0.252 e. The summed E-state index contributed by atoms with van der Waals surface area (Å²) in [6, 6.07) is 11.3. The van der Waals surface area contributed by atoms with E-state index in [0.717, 1.165) is 21.9 Å². The van der Waals surface area contributed by atoms with Crippen molar-refractivity contribution in [3.8, 4) is 11.1 Å². The number of carbonyl (C=O) groups is 2. The van der Waals surface area contributed by atoms with Crippen molar-refractivity contribution in [1.29, 1.82) is 0 Å². The van der Waals surface area contributed by atoms with Gasteiger partial charge in [-0.25, -0.2) is 0 Å². The molecule has 0 unspecified atom stereocenters. The van der Waals surface area contributed by atoms with Crippen LogP contribution in [0.3, 0.4) is 0 Å². The Morgan fingerprint density at radius 1 is 1.11 bits per heavy atom. The molecular formula is C22H22N4O2. The average molecular weight is 374 g/mol. The van der Waals surface area contributed by atoms with E-state index in [1.807, 2.05) is 68.0 Å². The molecule has 1 heterocycles. The SMILES string of the molecule is Cn1cc(-c2cccc3c(C(=O)N[C@@H]4CC=CC[C@H]4C(N)=O)cccc23)cn1. The predicted molar refractivity (Wildman–Crippen MR) is 108 cm³/mol. The number of nitrogens with two attached hydrogens (primary N) is 1. The van der Waals surface area contributed by atoms with Crippen LogP contribution in [-0.4, -0.2) is 27.6 Å². The molecule has 2 amide bonds. The topological polar surface area (TPSA) is 90.0 Å². The number of hydrogen-bond acceptors (Lipinski definition) is 3. The fraction of sp³-hybridized carbons (Fsp3) is 0.227. The minimum Gasteiger partial charge on any atom is -0.369 e. The third-order valence-electron chi connectivity index (χ3n) is 5.30. The lowest BCUT2D eigenvalue weighted by Gasteiger charge is -2.27. The summed E-state index contributed by atoms with van der Waals surface area (Å²) < 4.78 is 1.76. The van der Waals surface area contributed by atoms with Crippen molar-refractivity contribution in [1.82, 2.24) is 15.1 Å². The van der Waals surface area contributed by atoms with Crippen molar-refractivity contribution in [2.45, 2.75) is 18.9 Å². The number of nitrogens with one attached hydrogen (secondary N) is 1. The summed E-state index contributed by atoms with van der Waals surface area (Å²) in [7, 11) is 1.88. The van der Waals surface area contributed by atoms with Crippen LogP contribution < -0.4 is 11.1 Å². The number of primary amides is 1. The van der Waals surface area contributed by atoms with Crippen molar-refractivity contribution >= 4 is 22.6 Å². The van der Waals surface area contributed by atoms with Crippen LogP contribution in [-0.2, 0) is 11.8 Å². The molecule has 142 valence electrons. The normalized spacial score (nSPS) is 18.9. The molecule has 0 bridgehead atoms. The fourth-order valence-corrected chi connectivity index (χ4v) is 3.85. The van der Waals surface area contributed by atoms with E-state index in [0.29, 0.717) is 18.4 Å². The van der Waals surface area contributed by atoms with E-state index in [9.17, 15) is 9.59 Å². The number of carbonyl (C=O) groups excluding carboxylic acids is 2. The minimum absolute atomic E-state index is 0.194. The van der Waals surface area contributed by atoms with Crippen molar-refractivity contribution in [2.24, 2.45) is 18.7 Å². The average Bonchev–Trinajstić information content (AvgIpc) is 3.13. The van der Waals surface area contributed by atoms with E-state index in [1.54, 1.807) is 4.68 Å². The first kappa shape index (κ1) is 18.0. The molecule has 0 fully saturated rings. The number of fused-ring (bicyclic) bond motifs is 1. The van der Waals surface area contributed by atoms with Gasteiger partial charge in [0.2, 0.25) is 5.91 Å². The number of rotatable bonds is 4. The van der Waals surface area contributed by atoms with Gasteiger partial charge in [0.25, 0.3) is 5.91 Å². The summed E-state index contributed by atoms with van der Waals surface area (Å²) in [6.45, 7) is 0. The predicted octanol–water partition coefficient (Wildman–Crippen LogP) is 2.79. The maximum atomic E-state index is 13.0. The van der Waals surface area contributed by atoms with Crippen molar-refractivity contribution in [2.75, 3.05) is 0 Å². The van der Waals surface area contributed by atoms with Crippen LogP contribution in [0.4, 0.5) is 0 Å². The van der Waals surface area contributed by atoms with Gasteiger partial charge in [0.15, 0.2) is 0 Å². The Morgan fingerprint density at radius 2 is 1.86 bits per heavy atom. The quantitative estimate of drug-likeness (QED) is 0.688. The first-order valence-corrected chi connectivity index (χ1v) is 9.30. The summed E-state index contributed by atoms with van der Waals surface area (Å²) in [4.78, 5) is 24.8. The molecule has 3 aromatic rings. The second-order valence-electron chi connectivity index (χ2n) is 7.14. The summed E-state index contributed by atoms with van der Waals surface area (Å²) in [5.74, 6) is -0.957. The molecule has 6 nitrogen and oxygen atoms in total. The van der Waals surface area contributed by atoms with Crippen molar-refractivity contribution < 1.29 is 9.59 Å². The van der Waals surface area contributed by atoms with E-state index in [1.165, 1.54) is 0 Å². The summed E-state index contributed by atoms with van der Waals surface area (Å²) in [5, 5.41) is 9.11. The van der Waals surface area contributed by atoms with Crippen LogP contribution in [0.5, 0.6) is 0 Å². The zero-order valence-electron chi connectivity index (χ0n) is 15.6. The van der Waals surface area contributed by atoms with Crippen LogP contribution in [0.25, 0.3) is 21.9 Å². The number of nitrogens with zero attached hydrogens (tertiary/aromatic N) is 2. The standard InChI is InChI=1S/C22H22N4O2/c1-26-13-14(12-24-26)15-7-4-9-17-16(15)8-5-10-18(17)22(28)25-20-11-3-2-6-19(20)21(23)27/h2-5,7-10,12-13,19-20H,6,11H2,1H3,(H2,23,27)(H,25,28)/t19-,20-/m1/s1. The molecule has 1 aliphatic carbocycles. The molecule has 0 aliphatic heterocycles. The lowest BCUT2D eigenvalue weighted by molar-refractivity contribution is -0.122. The highest BCUT2D eigenvalue weighted by molar-refractivity contribution is 6.10. The number of hydrogen-bond donors (Lipinski definition) is 2. The molecule has 6 heteroatoms. The van der Waals surface area contributed by atoms with Crippen molar-refractivity contribution in [3.05, 3.63) is 66.5 Å². The maximum absolute atomic E-state index is 13.0. The van der Waals surface area contributed by atoms with E-state index in [2.05, 4.69) is 10.4 Å². The van der Waals surface area contributed by atoms with Gasteiger partial charge in [-0.1, -0.05) is 42.5 Å². The van der Waals surface area contributed by atoms with Gasteiger partial charge in [0, 0.05) is 30.4 Å². The second-order valence-corrected chi connectivity index (χ2v) is 7.14. The molecule has 0 saturated carbocycles. The highest BCUT2D eigenvalue weighted by Gasteiger charge is 2.29. The fourth-order valence-electron chi connectivity index (χ4n) is 3.85. The number of allylic oxidation sites excluding steroid dienone is 1. The molecule has 1 aromatic heterocycles. The van der Waals surface area contributed by atoms with Crippen LogP contribution in [0.2, 0.25) is 0 Å². The third-order valence-corrected chi connectivity index (χ3v) is 5.30. The molecule has 2 atom stereocenters. The van der Waals surface area contributed by atoms with Crippen LogP contribution in [0.15, 0.2) is 60.9 Å². The van der Waals surface area contributed by atoms with Crippen LogP contribution in [0.1, 0.15) is 23.2 Å². The van der Waals surface area contributed by atoms with Crippen LogP contribution >= 0.6 is 0 Å². The molecule has 1 aliphatic rings. The zero-order valence-corrected chi connectivity index (χ0v) is 15.6. The first-order valence-electron chi connectivity index (χ1n) is 9.30. The van der Waals surface area contributed by atoms with Gasteiger partial charge in [-0.2, -0.15) is 5.10 Å². The second kappa shape index (κ2) is 7.31. The Hall–Kier alpha value is -3.41. The van der Waals surface area contributed by atoms with Crippen LogP contribution in [0, 0.1) is 5.92 Å². The monoisotopic (exact) mass is 374 g/mol. The number of aromatic nitrogens is 2. The number of benzene rings is 2. The van der Waals surface area contributed by atoms with E-state index in [4.69, 9.17) is 5.73 Å². The Labute approximate surface area is 163 Å². The summed E-state index contributed by atoms with van der Waals surface area (Å²) >= 11 is 0. The van der Waals surface area contributed by atoms with Crippen molar-refractivity contribution in [3.63, 3.8) is 0 Å². The van der Waals surface area contributed by atoms with E-state index in [-0.39, 0.29) is 23.8 Å².